The van der Waals surface area contributed by atoms with Crippen LogP contribution in [-0.4, -0.2) is 50.1 Å². The molecule has 7 heteroatoms. The van der Waals surface area contributed by atoms with Crippen molar-refractivity contribution in [3.8, 4) is 11.1 Å². The van der Waals surface area contributed by atoms with Crippen molar-refractivity contribution in [3.05, 3.63) is 60.4 Å². The number of nitrogens with zero attached hydrogens (tertiary/aromatic N) is 2. The monoisotopic (exact) mass is 424 g/mol. The summed E-state index contributed by atoms with van der Waals surface area (Å²) in [5, 5.41) is 9.09. The molecular formula is C23H28N4O2S. The molecule has 2 heterocycles. The molecule has 3 aromatic rings. The van der Waals surface area contributed by atoms with Gasteiger partial charge in [-0.1, -0.05) is 18.2 Å². The van der Waals surface area contributed by atoms with Gasteiger partial charge in [0.25, 0.3) is 0 Å². The average Bonchev–Trinajstić information content (AvgIpc) is 2.74. The third kappa shape index (κ3) is 4.64. The zero-order valence-electron chi connectivity index (χ0n) is 17.4. The third-order valence-corrected chi connectivity index (χ3v) is 6.98. The molecule has 0 amide bonds. The molecule has 30 heavy (non-hydrogen) atoms. The highest BCUT2D eigenvalue weighted by atomic mass is 32.2. The van der Waals surface area contributed by atoms with E-state index in [9.17, 15) is 8.42 Å². The van der Waals surface area contributed by atoms with Gasteiger partial charge in [-0.2, -0.15) is 0 Å². The first-order valence-corrected chi connectivity index (χ1v) is 12.1. The van der Waals surface area contributed by atoms with E-state index in [2.05, 4.69) is 52.0 Å². The third-order valence-electron chi connectivity index (χ3n) is 5.68. The van der Waals surface area contributed by atoms with Crippen LogP contribution in [0.25, 0.3) is 21.9 Å². The van der Waals surface area contributed by atoms with Crippen LogP contribution >= 0.6 is 0 Å². The molecule has 0 aliphatic carbocycles. The molecule has 2 N–H and O–H groups in total. The highest BCUT2D eigenvalue weighted by Gasteiger charge is 2.25. The molecule has 1 aliphatic rings. The second-order valence-corrected chi connectivity index (χ2v) is 9.91. The number of hydrogen-bond acceptors (Lipinski definition) is 5. The van der Waals surface area contributed by atoms with E-state index in [1.807, 2.05) is 25.5 Å². The number of nitrogens with one attached hydrogen (secondary N) is 2. The number of sulfonamides is 1. The normalized spacial score (nSPS) is 16.1. The Bertz CT molecular complexity index is 1140. The molecule has 0 saturated carbocycles. The molecule has 2 aromatic carbocycles. The molecule has 1 aliphatic heterocycles. The van der Waals surface area contributed by atoms with Gasteiger partial charge in [0.05, 0.1) is 6.26 Å². The van der Waals surface area contributed by atoms with Crippen molar-refractivity contribution in [2.45, 2.75) is 25.4 Å². The summed E-state index contributed by atoms with van der Waals surface area (Å²) in [6.07, 6.45) is 6.57. The fraction of sp³-hybridized carbons (Fsp3) is 0.348. The summed E-state index contributed by atoms with van der Waals surface area (Å²) in [5.41, 5.74) is 4.62. The van der Waals surface area contributed by atoms with Crippen molar-refractivity contribution < 1.29 is 8.42 Å². The van der Waals surface area contributed by atoms with Gasteiger partial charge in [0.1, 0.15) is 0 Å². The standard InChI is InChI=1S/C23H28N4O2S/c1-24-15-17-4-3-5-18(12-17)20-13-19-6-9-25-16-22(19)23(14-20)26-21-7-10-27(11-8-21)30(2,28)29/h3-6,9,12-14,16,21,24,26H,7-8,10-11,15H2,1-2H3. The van der Waals surface area contributed by atoms with E-state index in [1.54, 1.807) is 4.31 Å². The van der Waals surface area contributed by atoms with Gasteiger partial charge in [0.2, 0.25) is 10.0 Å². The van der Waals surface area contributed by atoms with Gasteiger partial charge in [-0.25, -0.2) is 12.7 Å². The van der Waals surface area contributed by atoms with Crippen LogP contribution < -0.4 is 10.6 Å². The van der Waals surface area contributed by atoms with Gasteiger partial charge in [0, 0.05) is 49.1 Å². The number of piperidine rings is 1. The lowest BCUT2D eigenvalue weighted by molar-refractivity contribution is 0.332. The molecule has 0 spiro atoms. The molecule has 1 saturated heterocycles. The summed E-state index contributed by atoms with van der Waals surface area (Å²) in [7, 11) is -1.17. The fourth-order valence-electron chi connectivity index (χ4n) is 4.10. The SMILES string of the molecule is CNCc1cccc(-c2cc(NC3CCN(S(C)(=O)=O)CC3)c3cnccc3c2)c1. The molecule has 1 aromatic heterocycles. The van der Waals surface area contributed by atoms with E-state index in [0.29, 0.717) is 13.1 Å². The van der Waals surface area contributed by atoms with Gasteiger partial charge >= 0.3 is 0 Å². The number of rotatable bonds is 6. The van der Waals surface area contributed by atoms with Gasteiger partial charge in [-0.3, -0.25) is 4.98 Å². The van der Waals surface area contributed by atoms with Crippen molar-refractivity contribution in [2.24, 2.45) is 0 Å². The maximum Gasteiger partial charge on any atom is 0.211 e. The topological polar surface area (TPSA) is 74.3 Å². The lowest BCUT2D eigenvalue weighted by atomic mass is 9.98. The van der Waals surface area contributed by atoms with Crippen molar-refractivity contribution in [3.63, 3.8) is 0 Å². The number of hydrogen-bond donors (Lipinski definition) is 2. The maximum atomic E-state index is 11.8. The van der Waals surface area contributed by atoms with Crippen LogP contribution in [0.2, 0.25) is 0 Å². The van der Waals surface area contributed by atoms with Crippen LogP contribution in [0.3, 0.4) is 0 Å². The Morgan fingerprint density at radius 2 is 1.90 bits per heavy atom. The Morgan fingerprint density at radius 3 is 2.63 bits per heavy atom. The predicted molar refractivity (Wildman–Crippen MR) is 123 cm³/mol. The van der Waals surface area contributed by atoms with Crippen molar-refractivity contribution in [2.75, 3.05) is 31.7 Å². The number of aromatic nitrogens is 1. The lowest BCUT2D eigenvalue weighted by Crippen LogP contribution is -2.41. The van der Waals surface area contributed by atoms with E-state index in [1.165, 1.54) is 17.4 Å². The minimum absolute atomic E-state index is 0.234. The van der Waals surface area contributed by atoms with Gasteiger partial charge < -0.3 is 10.6 Å². The lowest BCUT2D eigenvalue weighted by Gasteiger charge is -2.31. The zero-order chi connectivity index (χ0) is 21.1. The molecule has 0 atom stereocenters. The van der Waals surface area contributed by atoms with Gasteiger partial charge in [0.15, 0.2) is 0 Å². The highest BCUT2D eigenvalue weighted by molar-refractivity contribution is 7.88. The summed E-state index contributed by atoms with van der Waals surface area (Å²) < 4.78 is 25.2. The highest BCUT2D eigenvalue weighted by Crippen LogP contribution is 2.32. The Balaban J connectivity index is 1.64. The Morgan fingerprint density at radius 1 is 1.10 bits per heavy atom. The second kappa shape index (κ2) is 8.71. The van der Waals surface area contributed by atoms with Crippen LogP contribution in [-0.2, 0) is 16.6 Å². The summed E-state index contributed by atoms with van der Waals surface area (Å²) in [5.74, 6) is 0. The van der Waals surface area contributed by atoms with Crippen molar-refractivity contribution >= 4 is 26.5 Å². The van der Waals surface area contributed by atoms with Crippen LogP contribution in [0.15, 0.2) is 54.9 Å². The number of anilines is 1. The maximum absolute atomic E-state index is 11.8. The molecule has 4 rings (SSSR count). The van der Waals surface area contributed by atoms with Crippen LogP contribution in [0.5, 0.6) is 0 Å². The van der Waals surface area contributed by atoms with Crippen LogP contribution in [0.1, 0.15) is 18.4 Å². The van der Waals surface area contributed by atoms with Gasteiger partial charge in [-0.05, 0) is 66.2 Å². The number of pyridine rings is 1. The van der Waals surface area contributed by atoms with E-state index in [4.69, 9.17) is 0 Å². The van der Waals surface area contributed by atoms with Crippen LogP contribution in [0, 0.1) is 0 Å². The molecule has 158 valence electrons. The number of fused-ring (bicyclic) bond motifs is 1. The molecule has 0 bridgehead atoms. The fourth-order valence-corrected chi connectivity index (χ4v) is 4.98. The first-order valence-electron chi connectivity index (χ1n) is 10.3. The molecule has 6 nitrogen and oxygen atoms in total. The summed E-state index contributed by atoms with van der Waals surface area (Å²) in [6.45, 7) is 1.94. The Hall–Kier alpha value is -2.48. The zero-order valence-corrected chi connectivity index (χ0v) is 18.2. The smallest absolute Gasteiger partial charge is 0.211 e. The average molecular weight is 425 g/mol. The van der Waals surface area contributed by atoms with E-state index in [0.717, 1.165) is 41.4 Å². The first kappa shape index (κ1) is 20.8. The minimum Gasteiger partial charge on any atom is -0.382 e. The van der Waals surface area contributed by atoms with E-state index >= 15 is 0 Å². The second-order valence-electron chi connectivity index (χ2n) is 7.93. The largest absolute Gasteiger partial charge is 0.382 e. The van der Waals surface area contributed by atoms with Crippen molar-refractivity contribution in [1.29, 1.82) is 0 Å². The number of benzene rings is 2. The summed E-state index contributed by atoms with van der Waals surface area (Å²) >= 11 is 0. The summed E-state index contributed by atoms with van der Waals surface area (Å²) in [6, 6.07) is 15.2. The molecule has 1 fully saturated rings. The van der Waals surface area contributed by atoms with E-state index < -0.39 is 10.0 Å². The minimum atomic E-state index is -3.12. The van der Waals surface area contributed by atoms with E-state index in [-0.39, 0.29) is 6.04 Å². The predicted octanol–water partition coefficient (Wildman–Crippen LogP) is 3.46. The molecular weight excluding hydrogens is 396 g/mol. The van der Waals surface area contributed by atoms with Crippen molar-refractivity contribution in [1.82, 2.24) is 14.6 Å². The van der Waals surface area contributed by atoms with Gasteiger partial charge in [-0.15, -0.1) is 0 Å². The Labute approximate surface area is 178 Å². The first-order chi connectivity index (χ1) is 14.4. The quantitative estimate of drug-likeness (QED) is 0.634. The van der Waals surface area contributed by atoms with Crippen LogP contribution in [0.4, 0.5) is 5.69 Å². The molecule has 0 radical (unpaired) electrons. The molecule has 0 unspecified atom stereocenters. The Kier molecular flexibility index (Phi) is 6.04. The summed E-state index contributed by atoms with van der Waals surface area (Å²) in [4.78, 5) is 4.32.